The third-order valence-electron chi connectivity index (χ3n) is 9.46. The minimum Gasteiger partial charge on any atom is -0.458 e. The topological polar surface area (TPSA) is 58.9 Å². The lowest BCUT2D eigenvalue weighted by atomic mass is 9.47. The third-order valence-corrected chi connectivity index (χ3v) is 9.46. The lowest BCUT2D eigenvalue weighted by molar-refractivity contribution is -0.0340. The molecule has 0 bridgehead atoms. The Morgan fingerprint density at radius 3 is 2.53 bits per heavy atom. The summed E-state index contributed by atoms with van der Waals surface area (Å²) in [5, 5.41) is 12.9. The van der Waals surface area contributed by atoms with Gasteiger partial charge in [-0.05, 0) is 91.7 Å². The van der Waals surface area contributed by atoms with Crippen LogP contribution in [0.1, 0.15) is 76.1 Å². The Morgan fingerprint density at radius 2 is 1.78 bits per heavy atom. The standard InChI is InChI=1S/C28H35NO3/c1-18(29-31)23-11-12-24-22-10-9-20-17-21(32-26(30)19-7-5-4-6-8-19)13-15-27(20,2)25(22)14-16-28(23,24)3/h4-9,11,21-22,24-25,31H,10,12-17H2,1-3H3/b29-18+/t21-,22-,24-,25-,27-,28+/m0/s1. The largest absolute Gasteiger partial charge is 0.458 e. The molecule has 0 heterocycles. The number of hydrogen-bond donors (Lipinski definition) is 1. The third kappa shape index (κ3) is 3.25. The summed E-state index contributed by atoms with van der Waals surface area (Å²) in [7, 11) is 0. The first-order valence-corrected chi connectivity index (χ1v) is 12.2. The van der Waals surface area contributed by atoms with Gasteiger partial charge in [0.25, 0.3) is 0 Å². The zero-order valence-corrected chi connectivity index (χ0v) is 19.5. The molecule has 1 N–H and O–H groups in total. The summed E-state index contributed by atoms with van der Waals surface area (Å²) in [5.41, 5.74) is 4.53. The normalized spacial score (nSPS) is 38.7. The molecule has 0 amide bonds. The van der Waals surface area contributed by atoms with Gasteiger partial charge in [0.15, 0.2) is 0 Å². The van der Waals surface area contributed by atoms with Crippen molar-refractivity contribution in [2.24, 2.45) is 33.7 Å². The maximum absolute atomic E-state index is 12.6. The molecule has 32 heavy (non-hydrogen) atoms. The molecule has 0 unspecified atom stereocenters. The van der Waals surface area contributed by atoms with Crippen molar-refractivity contribution in [2.45, 2.75) is 71.8 Å². The van der Waals surface area contributed by atoms with Crippen molar-refractivity contribution in [1.29, 1.82) is 0 Å². The van der Waals surface area contributed by atoms with Gasteiger partial charge < -0.3 is 9.94 Å². The van der Waals surface area contributed by atoms with E-state index in [4.69, 9.17) is 4.74 Å². The number of oxime groups is 1. The predicted molar refractivity (Wildman–Crippen MR) is 126 cm³/mol. The molecule has 2 saturated carbocycles. The van der Waals surface area contributed by atoms with Gasteiger partial charge in [0.1, 0.15) is 6.10 Å². The zero-order chi connectivity index (χ0) is 22.5. The average molecular weight is 434 g/mol. The molecular formula is C28H35NO3. The Kier molecular flexibility index (Phi) is 5.30. The summed E-state index contributed by atoms with van der Waals surface area (Å²) >= 11 is 0. The van der Waals surface area contributed by atoms with Crippen LogP contribution in [-0.4, -0.2) is 23.0 Å². The van der Waals surface area contributed by atoms with Gasteiger partial charge in [-0.3, -0.25) is 0 Å². The minimum atomic E-state index is -0.201. The zero-order valence-electron chi connectivity index (χ0n) is 19.5. The first kappa shape index (κ1) is 21.5. The first-order valence-electron chi connectivity index (χ1n) is 12.2. The molecule has 4 heteroatoms. The van der Waals surface area contributed by atoms with Crippen molar-refractivity contribution in [3.8, 4) is 0 Å². The fourth-order valence-electron chi connectivity index (χ4n) is 7.70. The minimum absolute atomic E-state index is 0.0180. The van der Waals surface area contributed by atoms with Crippen LogP contribution < -0.4 is 0 Å². The molecule has 2 fully saturated rings. The van der Waals surface area contributed by atoms with Crippen LogP contribution in [0.25, 0.3) is 0 Å². The summed E-state index contributed by atoms with van der Waals surface area (Å²) in [6.45, 7) is 6.80. The quantitative estimate of drug-likeness (QED) is 0.193. The van der Waals surface area contributed by atoms with E-state index in [9.17, 15) is 10.0 Å². The smallest absolute Gasteiger partial charge is 0.338 e. The highest BCUT2D eigenvalue weighted by Gasteiger charge is 2.57. The van der Waals surface area contributed by atoms with Crippen molar-refractivity contribution in [3.63, 3.8) is 0 Å². The number of nitrogens with zero attached hydrogens (tertiary/aromatic N) is 1. The summed E-state index contributed by atoms with van der Waals surface area (Å²) in [6.07, 6.45) is 12.3. The molecule has 0 saturated heterocycles. The number of carbonyl (C=O) groups excluding carboxylic acids is 1. The van der Waals surface area contributed by atoms with E-state index < -0.39 is 0 Å². The predicted octanol–water partition coefficient (Wildman–Crippen LogP) is 6.56. The molecule has 4 nitrogen and oxygen atoms in total. The number of hydrogen-bond acceptors (Lipinski definition) is 4. The Hall–Kier alpha value is -2.36. The Morgan fingerprint density at radius 1 is 1.03 bits per heavy atom. The lowest BCUT2D eigenvalue weighted by Crippen LogP contribution is -2.50. The van der Waals surface area contributed by atoms with Gasteiger partial charge in [-0.2, -0.15) is 0 Å². The van der Waals surface area contributed by atoms with Crippen LogP contribution in [0.5, 0.6) is 0 Å². The number of fused-ring (bicyclic) bond motifs is 5. The second-order valence-electron chi connectivity index (χ2n) is 10.9. The fourth-order valence-corrected chi connectivity index (χ4v) is 7.70. The van der Waals surface area contributed by atoms with Crippen LogP contribution in [-0.2, 0) is 4.74 Å². The highest BCUT2D eigenvalue weighted by atomic mass is 16.5. The van der Waals surface area contributed by atoms with Gasteiger partial charge in [0, 0.05) is 6.42 Å². The van der Waals surface area contributed by atoms with Crippen molar-refractivity contribution in [1.82, 2.24) is 0 Å². The Balaban J connectivity index is 1.33. The summed E-state index contributed by atoms with van der Waals surface area (Å²) < 4.78 is 5.92. The average Bonchev–Trinajstić information content (AvgIpc) is 3.16. The molecule has 1 aromatic carbocycles. The van der Waals surface area contributed by atoms with Gasteiger partial charge in [0.2, 0.25) is 0 Å². The summed E-state index contributed by atoms with van der Waals surface area (Å²) in [4.78, 5) is 12.6. The van der Waals surface area contributed by atoms with Gasteiger partial charge in [0.05, 0.1) is 11.3 Å². The number of esters is 1. The monoisotopic (exact) mass is 433 g/mol. The summed E-state index contributed by atoms with van der Waals surface area (Å²) in [5.74, 6) is 1.78. The van der Waals surface area contributed by atoms with E-state index in [2.05, 4.69) is 31.2 Å². The number of rotatable bonds is 3. The van der Waals surface area contributed by atoms with Crippen LogP contribution in [0.3, 0.4) is 0 Å². The maximum atomic E-state index is 12.6. The van der Waals surface area contributed by atoms with Gasteiger partial charge in [-0.15, -0.1) is 0 Å². The number of carbonyl (C=O) groups is 1. The van der Waals surface area contributed by atoms with Crippen LogP contribution in [0, 0.1) is 28.6 Å². The van der Waals surface area contributed by atoms with E-state index >= 15 is 0 Å². The van der Waals surface area contributed by atoms with Gasteiger partial charge in [-0.25, -0.2) is 4.79 Å². The Bertz CT molecular complexity index is 993. The summed E-state index contributed by atoms with van der Waals surface area (Å²) in [6, 6.07) is 9.33. The lowest BCUT2D eigenvalue weighted by Gasteiger charge is -2.57. The van der Waals surface area contributed by atoms with Crippen LogP contribution in [0.4, 0.5) is 0 Å². The van der Waals surface area contributed by atoms with Crippen molar-refractivity contribution in [2.75, 3.05) is 0 Å². The van der Waals surface area contributed by atoms with Crippen molar-refractivity contribution in [3.05, 3.63) is 59.2 Å². The highest BCUT2D eigenvalue weighted by Crippen LogP contribution is 2.65. The molecule has 170 valence electrons. The van der Waals surface area contributed by atoms with E-state index in [0.29, 0.717) is 23.3 Å². The van der Waals surface area contributed by atoms with Crippen LogP contribution in [0.15, 0.2) is 58.8 Å². The molecular weight excluding hydrogens is 398 g/mol. The highest BCUT2D eigenvalue weighted by molar-refractivity contribution is 5.99. The van der Waals surface area contributed by atoms with E-state index in [-0.39, 0.29) is 22.9 Å². The number of benzene rings is 1. The van der Waals surface area contributed by atoms with Gasteiger partial charge >= 0.3 is 5.97 Å². The molecule has 0 aromatic heterocycles. The SMILES string of the molecule is C/C(=N\O)C1=CC[C@H]2[C@@H]3CC=C4C[C@@H](OC(=O)c5ccccc5)CC[C@]4(C)[C@H]3CC[C@]12C. The van der Waals surface area contributed by atoms with Gasteiger partial charge in [-0.1, -0.05) is 54.9 Å². The first-order chi connectivity index (χ1) is 15.4. The van der Waals surface area contributed by atoms with E-state index in [0.717, 1.165) is 44.2 Å². The molecule has 0 aliphatic heterocycles. The Labute approximate surface area is 191 Å². The molecule has 5 rings (SSSR count). The number of ether oxygens (including phenoxy) is 1. The number of allylic oxidation sites excluding steroid dienone is 3. The fraction of sp³-hybridized carbons (Fsp3) is 0.571. The molecule has 4 aliphatic carbocycles. The van der Waals surface area contributed by atoms with E-state index in [1.807, 2.05) is 37.3 Å². The van der Waals surface area contributed by atoms with Crippen LogP contribution >= 0.6 is 0 Å². The molecule has 1 aromatic rings. The van der Waals surface area contributed by atoms with Crippen molar-refractivity contribution < 1.29 is 14.7 Å². The van der Waals surface area contributed by atoms with E-state index in [1.54, 1.807) is 0 Å². The molecule has 0 spiro atoms. The molecule has 0 radical (unpaired) electrons. The van der Waals surface area contributed by atoms with E-state index in [1.165, 1.54) is 17.6 Å². The van der Waals surface area contributed by atoms with Crippen LogP contribution in [0.2, 0.25) is 0 Å². The second-order valence-corrected chi connectivity index (χ2v) is 10.9. The molecule has 6 atom stereocenters. The molecule has 4 aliphatic rings. The van der Waals surface area contributed by atoms with Crippen molar-refractivity contribution >= 4 is 11.7 Å². The maximum Gasteiger partial charge on any atom is 0.338 e. The second kappa shape index (κ2) is 7.90.